The van der Waals surface area contributed by atoms with Crippen molar-refractivity contribution in [2.45, 2.75) is 6.61 Å². The number of hydrogen-bond acceptors (Lipinski definition) is 5. The van der Waals surface area contributed by atoms with Crippen LogP contribution in [0.1, 0.15) is 11.1 Å². The van der Waals surface area contributed by atoms with Crippen LogP contribution in [0.3, 0.4) is 0 Å². The lowest BCUT2D eigenvalue weighted by molar-refractivity contribution is 0.307. The summed E-state index contributed by atoms with van der Waals surface area (Å²) in [6.45, 7) is 0.374. The van der Waals surface area contributed by atoms with Crippen LogP contribution < -0.4 is 4.74 Å². The maximum Gasteiger partial charge on any atom is 0.148 e. The van der Waals surface area contributed by atoms with Crippen molar-refractivity contribution in [1.29, 1.82) is 0 Å². The third-order valence-electron chi connectivity index (χ3n) is 4.58. The van der Waals surface area contributed by atoms with E-state index in [1.807, 2.05) is 54.8 Å². The molecular formula is C23H19BrO4S2. The van der Waals surface area contributed by atoms with Gasteiger partial charge in [-0.2, -0.15) is 0 Å². The third-order valence-corrected chi connectivity index (χ3v) is 7.58. The number of fused-ring (bicyclic) bond motifs is 1. The van der Waals surface area contributed by atoms with Crippen LogP contribution in [0.15, 0.2) is 78.8 Å². The summed E-state index contributed by atoms with van der Waals surface area (Å²) in [4.78, 5) is 0. The topological polar surface area (TPSA) is 52.6 Å². The molecule has 0 radical (unpaired) electrons. The molecule has 30 heavy (non-hydrogen) atoms. The number of hydrogen-bond donors (Lipinski definition) is 0. The van der Waals surface area contributed by atoms with Crippen LogP contribution in [0.2, 0.25) is 0 Å². The molecule has 0 bridgehead atoms. The van der Waals surface area contributed by atoms with Crippen LogP contribution in [0.4, 0.5) is 0 Å². The largest absolute Gasteiger partial charge is 0.488 e. The predicted molar refractivity (Wildman–Crippen MR) is 128 cm³/mol. The standard InChI is InChI=1S/C23H19BrO4S2/c1-29-21(30(2)25)12-16-4-3-5-19(18-6-8-26-14-18)22(16)28-13-15-10-17-7-9-27-23(17)20(24)11-15/h3-12,14H,13H2,1-2H3. The lowest BCUT2D eigenvalue weighted by Crippen LogP contribution is -2.00. The molecular weight excluding hydrogens is 484 g/mol. The van der Waals surface area contributed by atoms with Gasteiger partial charge in [0.2, 0.25) is 0 Å². The minimum atomic E-state index is -1.08. The Bertz CT molecular complexity index is 1230. The fourth-order valence-electron chi connectivity index (χ4n) is 3.20. The highest BCUT2D eigenvalue weighted by atomic mass is 79.9. The van der Waals surface area contributed by atoms with Crippen molar-refractivity contribution in [3.63, 3.8) is 0 Å². The van der Waals surface area contributed by atoms with Gasteiger partial charge in [0.15, 0.2) is 0 Å². The number of ether oxygens (including phenoxy) is 1. The second-order valence-electron chi connectivity index (χ2n) is 6.56. The first-order valence-corrected chi connectivity index (χ1v) is 12.7. The fourth-order valence-corrected chi connectivity index (χ4v) is 5.29. The van der Waals surface area contributed by atoms with Gasteiger partial charge >= 0.3 is 0 Å². The fraction of sp³-hybridized carbons (Fsp3) is 0.130. The number of halogens is 1. The first-order valence-electron chi connectivity index (χ1n) is 9.10. The summed E-state index contributed by atoms with van der Waals surface area (Å²) in [7, 11) is -1.08. The Morgan fingerprint density at radius 2 is 2.10 bits per heavy atom. The Morgan fingerprint density at radius 3 is 2.83 bits per heavy atom. The third kappa shape index (κ3) is 4.43. The van der Waals surface area contributed by atoms with Crippen LogP contribution in [0, 0.1) is 0 Å². The molecule has 2 aromatic heterocycles. The quantitative estimate of drug-likeness (QED) is 0.270. The van der Waals surface area contributed by atoms with Crippen LogP contribution >= 0.6 is 27.7 Å². The minimum absolute atomic E-state index is 0.374. The highest BCUT2D eigenvalue weighted by molar-refractivity contribution is 9.10. The molecule has 1 atom stereocenters. The molecule has 0 aliphatic heterocycles. The summed E-state index contributed by atoms with van der Waals surface area (Å²) in [6.07, 6.45) is 10.5. The monoisotopic (exact) mass is 502 g/mol. The second kappa shape index (κ2) is 9.29. The van der Waals surface area contributed by atoms with Crippen LogP contribution in [0.5, 0.6) is 5.75 Å². The molecule has 1 unspecified atom stereocenters. The number of rotatable bonds is 7. The van der Waals surface area contributed by atoms with Crippen molar-refractivity contribution < 1.29 is 17.8 Å². The average Bonchev–Trinajstić information content (AvgIpc) is 3.42. The number of para-hydroxylation sites is 1. The summed E-state index contributed by atoms with van der Waals surface area (Å²) in [5, 5.41) is 1.01. The molecule has 0 spiro atoms. The van der Waals surface area contributed by atoms with Gasteiger partial charge in [-0.15, -0.1) is 11.8 Å². The first kappa shape index (κ1) is 21.0. The van der Waals surface area contributed by atoms with Gasteiger partial charge < -0.3 is 13.6 Å². The van der Waals surface area contributed by atoms with Crippen LogP contribution in [-0.4, -0.2) is 16.7 Å². The summed E-state index contributed by atoms with van der Waals surface area (Å²) in [5.41, 5.74) is 4.54. The highest BCUT2D eigenvalue weighted by Gasteiger charge is 2.14. The van der Waals surface area contributed by atoms with E-state index in [9.17, 15) is 4.21 Å². The molecule has 0 N–H and O–H groups in total. The molecule has 4 rings (SSSR count). The van der Waals surface area contributed by atoms with E-state index < -0.39 is 10.8 Å². The SMILES string of the molecule is CSC(=Cc1cccc(-c2ccoc2)c1OCc1cc(Br)c2occc2c1)S(C)=O. The van der Waals surface area contributed by atoms with E-state index in [2.05, 4.69) is 15.9 Å². The van der Waals surface area contributed by atoms with Gasteiger partial charge in [-0.3, -0.25) is 4.21 Å². The van der Waals surface area contributed by atoms with E-state index in [0.717, 1.165) is 47.7 Å². The number of benzene rings is 2. The van der Waals surface area contributed by atoms with Crippen molar-refractivity contribution in [3.8, 4) is 16.9 Å². The Balaban J connectivity index is 1.74. The van der Waals surface area contributed by atoms with Crippen LogP contribution in [0.25, 0.3) is 28.2 Å². The Morgan fingerprint density at radius 1 is 1.23 bits per heavy atom. The minimum Gasteiger partial charge on any atom is -0.488 e. The van der Waals surface area contributed by atoms with Gasteiger partial charge in [0.1, 0.15) is 17.9 Å². The van der Waals surface area contributed by atoms with Gasteiger partial charge in [0, 0.05) is 28.3 Å². The molecule has 0 fully saturated rings. The van der Waals surface area contributed by atoms with Gasteiger partial charge in [0.25, 0.3) is 0 Å². The second-order valence-corrected chi connectivity index (χ2v) is 9.87. The maximum atomic E-state index is 12.1. The number of furan rings is 2. The average molecular weight is 503 g/mol. The summed E-state index contributed by atoms with van der Waals surface area (Å²) in [5.74, 6) is 0.722. The summed E-state index contributed by atoms with van der Waals surface area (Å²) in [6, 6.07) is 13.8. The molecule has 154 valence electrons. The van der Waals surface area contributed by atoms with Crippen molar-refractivity contribution in [1.82, 2.24) is 0 Å². The molecule has 2 aromatic carbocycles. The smallest absolute Gasteiger partial charge is 0.148 e. The van der Waals surface area contributed by atoms with E-state index in [1.54, 1.807) is 25.0 Å². The van der Waals surface area contributed by atoms with Crippen LogP contribution in [-0.2, 0) is 17.4 Å². The molecule has 7 heteroatoms. The van der Waals surface area contributed by atoms with Gasteiger partial charge in [-0.05, 0) is 58.1 Å². The summed E-state index contributed by atoms with van der Waals surface area (Å²) >= 11 is 5.04. The maximum absolute atomic E-state index is 12.1. The molecule has 4 aromatic rings. The predicted octanol–water partition coefficient (Wildman–Crippen LogP) is 7.07. The summed E-state index contributed by atoms with van der Waals surface area (Å²) < 4.78 is 30.9. The molecule has 2 heterocycles. The van der Waals surface area contributed by atoms with Crippen molar-refractivity contribution in [2.75, 3.05) is 12.5 Å². The van der Waals surface area contributed by atoms with E-state index in [4.69, 9.17) is 13.6 Å². The zero-order valence-electron chi connectivity index (χ0n) is 16.4. The van der Waals surface area contributed by atoms with Gasteiger partial charge in [0.05, 0.1) is 38.3 Å². The molecule has 0 saturated carbocycles. The normalized spacial score (nSPS) is 13.0. The van der Waals surface area contributed by atoms with E-state index in [1.165, 1.54) is 11.8 Å². The van der Waals surface area contributed by atoms with Crippen molar-refractivity contribution in [3.05, 3.63) is 81.1 Å². The van der Waals surface area contributed by atoms with Crippen molar-refractivity contribution in [2.24, 2.45) is 0 Å². The van der Waals surface area contributed by atoms with E-state index >= 15 is 0 Å². The lowest BCUT2D eigenvalue weighted by atomic mass is 10.0. The zero-order chi connectivity index (χ0) is 21.1. The molecule has 4 nitrogen and oxygen atoms in total. The van der Waals surface area contributed by atoms with E-state index in [-0.39, 0.29) is 0 Å². The Hall–Kier alpha value is -2.22. The highest BCUT2D eigenvalue weighted by Crippen LogP contribution is 2.37. The first-order chi connectivity index (χ1) is 14.6. The molecule has 0 aliphatic carbocycles. The van der Waals surface area contributed by atoms with E-state index in [0.29, 0.717) is 6.61 Å². The lowest BCUT2D eigenvalue weighted by Gasteiger charge is -2.15. The Labute approximate surface area is 189 Å². The van der Waals surface area contributed by atoms with Gasteiger partial charge in [-0.1, -0.05) is 18.2 Å². The zero-order valence-corrected chi connectivity index (χ0v) is 19.6. The Kier molecular flexibility index (Phi) is 6.51. The van der Waals surface area contributed by atoms with Gasteiger partial charge in [-0.25, -0.2) is 0 Å². The molecule has 0 amide bonds. The number of thioether (sulfide) groups is 1. The molecule has 0 aliphatic rings. The molecule has 0 saturated heterocycles. The van der Waals surface area contributed by atoms with Crippen molar-refractivity contribution >= 4 is 55.5 Å².